The molecule has 0 saturated carbocycles. The van der Waals surface area contributed by atoms with Crippen LogP contribution in [-0.2, 0) is 13.0 Å². The van der Waals surface area contributed by atoms with Gasteiger partial charge in [0.1, 0.15) is 0 Å². The van der Waals surface area contributed by atoms with Crippen molar-refractivity contribution in [2.75, 3.05) is 19.6 Å². The first kappa shape index (κ1) is 13.5. The number of nitrogens with zero attached hydrogens (tertiary/aromatic N) is 2. The van der Waals surface area contributed by atoms with Crippen molar-refractivity contribution in [1.29, 1.82) is 0 Å². The third-order valence-electron chi connectivity index (χ3n) is 2.39. The Kier molecular flexibility index (Phi) is 7.29. The first-order valence-corrected chi connectivity index (χ1v) is 6.87. The zero-order valence-corrected chi connectivity index (χ0v) is 11.1. The fraction of sp³-hybridized carbons (Fsp3) is 0.818. The molecule has 16 heavy (non-hydrogen) atoms. The van der Waals surface area contributed by atoms with Crippen molar-refractivity contribution < 1.29 is 0 Å². The van der Waals surface area contributed by atoms with E-state index in [0.29, 0.717) is 0 Å². The van der Waals surface area contributed by atoms with E-state index < -0.39 is 0 Å². The molecule has 1 rings (SSSR count). The number of aryl methyl sites for hydroxylation is 1. The molecule has 0 aliphatic heterocycles. The lowest BCUT2D eigenvalue weighted by molar-refractivity contribution is 0.593. The molecule has 4 nitrogen and oxygen atoms in total. The van der Waals surface area contributed by atoms with Gasteiger partial charge in [0.15, 0.2) is 0 Å². The van der Waals surface area contributed by atoms with Crippen LogP contribution in [0.15, 0.2) is 0 Å². The Hall–Kier alpha value is -0.520. The van der Waals surface area contributed by atoms with Gasteiger partial charge in [0.2, 0.25) is 0 Å². The number of hydrogen-bond acceptors (Lipinski definition) is 5. The summed E-state index contributed by atoms with van der Waals surface area (Å²) in [5.74, 6) is 0. The number of rotatable bonds is 9. The molecule has 0 saturated heterocycles. The van der Waals surface area contributed by atoms with Gasteiger partial charge in [-0.2, -0.15) is 0 Å². The van der Waals surface area contributed by atoms with Crippen molar-refractivity contribution in [3.05, 3.63) is 10.6 Å². The zero-order chi connectivity index (χ0) is 11.6. The lowest BCUT2D eigenvalue weighted by Crippen LogP contribution is -2.22. The number of hydrogen-bond donors (Lipinski definition) is 2. The molecule has 1 aromatic rings. The smallest absolute Gasteiger partial charge is 0.0797 e. The molecule has 92 valence electrons. The van der Waals surface area contributed by atoms with Crippen molar-refractivity contribution in [3.8, 4) is 0 Å². The van der Waals surface area contributed by atoms with Crippen molar-refractivity contribution in [3.63, 3.8) is 0 Å². The molecule has 0 unspecified atom stereocenters. The van der Waals surface area contributed by atoms with E-state index in [0.717, 1.165) is 38.3 Å². The number of aromatic nitrogens is 2. The predicted octanol–water partition coefficient (Wildman–Crippen LogP) is 1.58. The van der Waals surface area contributed by atoms with Gasteiger partial charge in [0.25, 0.3) is 0 Å². The molecule has 0 atom stereocenters. The fourth-order valence-electron chi connectivity index (χ4n) is 1.47. The highest BCUT2D eigenvalue weighted by Crippen LogP contribution is 2.10. The van der Waals surface area contributed by atoms with Crippen LogP contribution in [0.1, 0.15) is 37.3 Å². The molecular weight excluding hydrogens is 220 g/mol. The molecule has 0 aromatic carbocycles. The summed E-state index contributed by atoms with van der Waals surface area (Å²) in [5.41, 5.74) is 1.14. The molecule has 0 spiro atoms. The standard InChI is InChI=1S/C11H22N4S/c1-3-6-12-7-5-8-13-9-11-10(4-2)14-15-16-11/h12-13H,3-9H2,1-2H3. The molecule has 0 bridgehead atoms. The molecular formula is C11H22N4S. The summed E-state index contributed by atoms with van der Waals surface area (Å²) in [6, 6.07) is 0. The average molecular weight is 242 g/mol. The Morgan fingerprint density at radius 3 is 2.69 bits per heavy atom. The first-order valence-electron chi connectivity index (χ1n) is 6.10. The van der Waals surface area contributed by atoms with Crippen molar-refractivity contribution >= 4 is 11.5 Å². The Morgan fingerprint density at radius 1 is 1.12 bits per heavy atom. The second kappa shape index (κ2) is 8.61. The van der Waals surface area contributed by atoms with Gasteiger partial charge in [0, 0.05) is 6.54 Å². The van der Waals surface area contributed by atoms with Crippen molar-refractivity contribution in [1.82, 2.24) is 20.2 Å². The monoisotopic (exact) mass is 242 g/mol. The molecule has 5 heteroatoms. The van der Waals surface area contributed by atoms with Crippen LogP contribution in [0, 0.1) is 0 Å². The first-order chi connectivity index (χ1) is 7.88. The topological polar surface area (TPSA) is 49.8 Å². The maximum Gasteiger partial charge on any atom is 0.0797 e. The van der Waals surface area contributed by atoms with E-state index in [1.54, 1.807) is 0 Å². The Balaban J connectivity index is 2.03. The van der Waals surface area contributed by atoms with Crippen LogP contribution in [0.25, 0.3) is 0 Å². The van der Waals surface area contributed by atoms with Gasteiger partial charge in [0.05, 0.1) is 10.6 Å². The molecule has 1 heterocycles. The lowest BCUT2D eigenvalue weighted by Gasteiger charge is -2.04. The van der Waals surface area contributed by atoms with Gasteiger partial charge in [-0.15, -0.1) is 5.10 Å². The van der Waals surface area contributed by atoms with Crippen LogP contribution in [0.4, 0.5) is 0 Å². The Morgan fingerprint density at radius 2 is 1.94 bits per heavy atom. The Labute approximate surface area is 102 Å². The average Bonchev–Trinajstić information content (AvgIpc) is 2.75. The van der Waals surface area contributed by atoms with Gasteiger partial charge in [-0.3, -0.25) is 0 Å². The molecule has 0 radical (unpaired) electrons. The van der Waals surface area contributed by atoms with Crippen LogP contribution in [0.5, 0.6) is 0 Å². The predicted molar refractivity (Wildman–Crippen MR) is 68.8 cm³/mol. The summed E-state index contributed by atoms with van der Waals surface area (Å²) >= 11 is 1.51. The van der Waals surface area contributed by atoms with Crippen LogP contribution >= 0.6 is 11.5 Å². The minimum atomic E-state index is 0.911. The van der Waals surface area contributed by atoms with Gasteiger partial charge in [-0.1, -0.05) is 18.3 Å². The maximum atomic E-state index is 4.09. The van der Waals surface area contributed by atoms with Crippen molar-refractivity contribution in [2.45, 2.75) is 39.7 Å². The van der Waals surface area contributed by atoms with E-state index in [2.05, 4.69) is 34.1 Å². The normalized spacial score (nSPS) is 10.9. The molecule has 0 fully saturated rings. The summed E-state index contributed by atoms with van der Waals surface area (Å²) in [6.07, 6.45) is 3.36. The summed E-state index contributed by atoms with van der Waals surface area (Å²) in [5, 5.41) is 10.9. The SMILES string of the molecule is CCCNCCCNCc1snnc1CC. The van der Waals surface area contributed by atoms with Crippen LogP contribution in [-0.4, -0.2) is 29.2 Å². The highest BCUT2D eigenvalue weighted by Gasteiger charge is 2.04. The minimum Gasteiger partial charge on any atom is -0.317 e. The van der Waals surface area contributed by atoms with Gasteiger partial charge in [-0.05, 0) is 50.4 Å². The highest BCUT2D eigenvalue weighted by molar-refractivity contribution is 7.05. The van der Waals surface area contributed by atoms with E-state index in [1.807, 2.05) is 0 Å². The zero-order valence-electron chi connectivity index (χ0n) is 10.3. The van der Waals surface area contributed by atoms with E-state index in [4.69, 9.17) is 0 Å². The van der Waals surface area contributed by atoms with Gasteiger partial charge >= 0.3 is 0 Å². The molecule has 1 aromatic heterocycles. The van der Waals surface area contributed by atoms with Gasteiger partial charge in [-0.25, -0.2) is 0 Å². The summed E-state index contributed by atoms with van der Waals surface area (Å²) in [7, 11) is 0. The van der Waals surface area contributed by atoms with E-state index in [1.165, 1.54) is 29.3 Å². The second-order valence-electron chi connectivity index (χ2n) is 3.78. The number of nitrogens with one attached hydrogen (secondary N) is 2. The second-order valence-corrected chi connectivity index (χ2v) is 4.62. The summed E-state index contributed by atoms with van der Waals surface area (Å²) < 4.78 is 3.97. The van der Waals surface area contributed by atoms with Crippen LogP contribution in [0.3, 0.4) is 0 Å². The molecule has 0 aliphatic carbocycles. The van der Waals surface area contributed by atoms with Crippen LogP contribution in [0.2, 0.25) is 0 Å². The molecule has 2 N–H and O–H groups in total. The summed E-state index contributed by atoms with van der Waals surface area (Å²) in [6.45, 7) is 8.50. The lowest BCUT2D eigenvalue weighted by atomic mass is 10.3. The minimum absolute atomic E-state index is 0.911. The highest BCUT2D eigenvalue weighted by atomic mass is 32.1. The van der Waals surface area contributed by atoms with Crippen molar-refractivity contribution in [2.24, 2.45) is 0 Å². The van der Waals surface area contributed by atoms with E-state index in [-0.39, 0.29) is 0 Å². The molecule has 0 amide bonds. The maximum absolute atomic E-state index is 4.09. The molecule has 0 aliphatic rings. The van der Waals surface area contributed by atoms with Gasteiger partial charge < -0.3 is 10.6 Å². The van der Waals surface area contributed by atoms with E-state index >= 15 is 0 Å². The fourth-order valence-corrected chi connectivity index (χ4v) is 2.17. The Bertz CT molecular complexity index is 275. The van der Waals surface area contributed by atoms with Crippen LogP contribution < -0.4 is 10.6 Å². The third-order valence-corrected chi connectivity index (χ3v) is 3.15. The third kappa shape index (κ3) is 5.01. The van der Waals surface area contributed by atoms with E-state index in [9.17, 15) is 0 Å². The largest absolute Gasteiger partial charge is 0.317 e. The quantitative estimate of drug-likeness (QED) is 0.646. The summed E-state index contributed by atoms with van der Waals surface area (Å²) in [4.78, 5) is 1.28.